The van der Waals surface area contributed by atoms with Gasteiger partial charge in [-0.05, 0) is 12.0 Å². The van der Waals surface area contributed by atoms with Crippen molar-refractivity contribution in [3.63, 3.8) is 0 Å². The van der Waals surface area contributed by atoms with Crippen LogP contribution < -0.4 is 0 Å². The third-order valence-electron chi connectivity index (χ3n) is 3.29. The molecule has 1 heterocycles. The van der Waals surface area contributed by atoms with Gasteiger partial charge in [0.15, 0.2) is 0 Å². The molecule has 1 aromatic carbocycles. The van der Waals surface area contributed by atoms with E-state index in [-0.39, 0.29) is 5.91 Å². The van der Waals surface area contributed by atoms with E-state index in [1.54, 1.807) is 11.1 Å². The molecule has 4 nitrogen and oxygen atoms in total. The zero-order chi connectivity index (χ0) is 14.4. The largest absolute Gasteiger partial charge is 0.345 e. The van der Waals surface area contributed by atoms with Gasteiger partial charge in [0.05, 0.1) is 6.42 Å². The van der Waals surface area contributed by atoms with Crippen LogP contribution in [0.25, 0.3) is 0 Å². The highest BCUT2D eigenvalue weighted by Gasteiger charge is 2.12. The number of imidazole rings is 1. The quantitative estimate of drug-likeness (QED) is 0.809. The van der Waals surface area contributed by atoms with Crippen LogP contribution in [0.5, 0.6) is 0 Å². The topological polar surface area (TPSA) is 38.1 Å². The Bertz CT molecular complexity index is 548. The molecule has 0 fully saturated rings. The molecule has 20 heavy (non-hydrogen) atoms. The van der Waals surface area contributed by atoms with E-state index in [1.807, 2.05) is 36.0 Å². The lowest BCUT2D eigenvalue weighted by Gasteiger charge is -2.16. The van der Waals surface area contributed by atoms with E-state index in [1.165, 1.54) is 5.56 Å². The molecule has 0 bridgehead atoms. The lowest BCUT2D eigenvalue weighted by Crippen LogP contribution is -2.29. The smallest absolute Gasteiger partial charge is 0.229 e. The van der Waals surface area contributed by atoms with Gasteiger partial charge in [-0.25, -0.2) is 4.98 Å². The van der Waals surface area contributed by atoms with Crippen LogP contribution in [0.1, 0.15) is 24.7 Å². The monoisotopic (exact) mass is 271 g/mol. The van der Waals surface area contributed by atoms with E-state index >= 15 is 0 Å². The highest BCUT2D eigenvalue weighted by atomic mass is 16.2. The van der Waals surface area contributed by atoms with E-state index < -0.39 is 0 Å². The summed E-state index contributed by atoms with van der Waals surface area (Å²) >= 11 is 0. The number of carbonyl (C=O) groups is 1. The SMILES string of the molecule is CCCN(C)C(=O)Cc1nccn1Cc1ccccc1. The lowest BCUT2D eigenvalue weighted by atomic mass is 10.2. The van der Waals surface area contributed by atoms with Crippen LogP contribution in [0.4, 0.5) is 0 Å². The molecule has 0 spiro atoms. The number of benzene rings is 1. The van der Waals surface area contributed by atoms with Gasteiger partial charge < -0.3 is 9.47 Å². The van der Waals surface area contributed by atoms with E-state index in [0.717, 1.165) is 25.3 Å². The molecule has 0 atom stereocenters. The van der Waals surface area contributed by atoms with E-state index in [4.69, 9.17) is 0 Å². The normalized spacial score (nSPS) is 10.5. The Balaban J connectivity index is 2.03. The fraction of sp³-hybridized carbons (Fsp3) is 0.375. The molecule has 0 N–H and O–H groups in total. The summed E-state index contributed by atoms with van der Waals surface area (Å²) in [6.45, 7) is 3.61. The maximum atomic E-state index is 12.1. The Kier molecular flexibility index (Phi) is 4.93. The molecular formula is C16H21N3O. The summed E-state index contributed by atoms with van der Waals surface area (Å²) in [4.78, 5) is 18.2. The van der Waals surface area contributed by atoms with Crippen molar-refractivity contribution in [2.24, 2.45) is 0 Å². The Hall–Kier alpha value is -2.10. The van der Waals surface area contributed by atoms with Gasteiger partial charge in [-0.3, -0.25) is 4.79 Å². The fourth-order valence-corrected chi connectivity index (χ4v) is 2.16. The minimum Gasteiger partial charge on any atom is -0.345 e. The van der Waals surface area contributed by atoms with Crippen molar-refractivity contribution in [3.8, 4) is 0 Å². The van der Waals surface area contributed by atoms with Crippen molar-refractivity contribution < 1.29 is 4.79 Å². The van der Waals surface area contributed by atoms with Gasteiger partial charge in [0.25, 0.3) is 0 Å². The summed E-state index contributed by atoms with van der Waals surface area (Å²) < 4.78 is 2.03. The van der Waals surface area contributed by atoms with Crippen molar-refractivity contribution in [2.45, 2.75) is 26.3 Å². The van der Waals surface area contributed by atoms with Crippen LogP contribution in [0, 0.1) is 0 Å². The average molecular weight is 271 g/mol. The second kappa shape index (κ2) is 6.89. The number of likely N-dealkylation sites (N-methyl/N-ethyl adjacent to an activating group) is 1. The van der Waals surface area contributed by atoms with Crippen LogP contribution in [-0.2, 0) is 17.8 Å². The molecule has 2 rings (SSSR count). The highest BCUT2D eigenvalue weighted by molar-refractivity contribution is 5.77. The van der Waals surface area contributed by atoms with Crippen molar-refractivity contribution in [1.82, 2.24) is 14.5 Å². The standard InChI is InChI=1S/C16H21N3O/c1-3-10-18(2)16(20)12-15-17-9-11-19(15)13-14-7-5-4-6-8-14/h4-9,11H,3,10,12-13H2,1-2H3. The third kappa shape index (κ3) is 3.70. The summed E-state index contributed by atoms with van der Waals surface area (Å²) in [5.41, 5.74) is 1.21. The fourth-order valence-electron chi connectivity index (χ4n) is 2.16. The molecule has 0 aliphatic heterocycles. The second-order valence-corrected chi connectivity index (χ2v) is 4.95. The molecule has 0 aliphatic rings. The zero-order valence-corrected chi connectivity index (χ0v) is 12.1. The minimum absolute atomic E-state index is 0.118. The summed E-state index contributed by atoms with van der Waals surface area (Å²) in [5.74, 6) is 0.939. The Morgan fingerprint density at radius 2 is 2.05 bits per heavy atom. The third-order valence-corrected chi connectivity index (χ3v) is 3.29. The number of amides is 1. The number of hydrogen-bond acceptors (Lipinski definition) is 2. The summed E-state index contributed by atoms with van der Waals surface area (Å²) in [7, 11) is 1.84. The molecule has 0 radical (unpaired) electrons. The van der Waals surface area contributed by atoms with E-state index in [0.29, 0.717) is 6.42 Å². The molecule has 0 aliphatic carbocycles. The number of rotatable bonds is 6. The first-order chi connectivity index (χ1) is 9.70. The summed E-state index contributed by atoms with van der Waals surface area (Å²) in [6.07, 6.45) is 5.01. The predicted octanol–water partition coefficient (Wildman–Crippen LogP) is 2.34. The molecule has 0 unspecified atom stereocenters. The van der Waals surface area contributed by atoms with Gasteiger partial charge >= 0.3 is 0 Å². The van der Waals surface area contributed by atoms with E-state index in [2.05, 4.69) is 24.0 Å². The van der Waals surface area contributed by atoms with Crippen LogP contribution in [-0.4, -0.2) is 34.0 Å². The van der Waals surface area contributed by atoms with Crippen LogP contribution in [0.2, 0.25) is 0 Å². The highest BCUT2D eigenvalue weighted by Crippen LogP contribution is 2.07. The minimum atomic E-state index is 0.118. The zero-order valence-electron chi connectivity index (χ0n) is 12.1. The van der Waals surface area contributed by atoms with Crippen LogP contribution in [0.15, 0.2) is 42.7 Å². The Morgan fingerprint density at radius 3 is 2.75 bits per heavy atom. The molecule has 1 amide bonds. The van der Waals surface area contributed by atoms with Crippen molar-refractivity contribution >= 4 is 5.91 Å². The van der Waals surface area contributed by atoms with Gasteiger partial charge in [-0.1, -0.05) is 37.3 Å². The van der Waals surface area contributed by atoms with Gasteiger partial charge in [-0.2, -0.15) is 0 Å². The molecule has 4 heteroatoms. The average Bonchev–Trinajstić information content (AvgIpc) is 2.87. The first-order valence-corrected chi connectivity index (χ1v) is 6.98. The van der Waals surface area contributed by atoms with Crippen molar-refractivity contribution in [1.29, 1.82) is 0 Å². The number of hydrogen-bond donors (Lipinski definition) is 0. The molecule has 1 aromatic heterocycles. The van der Waals surface area contributed by atoms with Crippen LogP contribution in [0.3, 0.4) is 0 Å². The Labute approximate surface area is 120 Å². The molecule has 0 saturated heterocycles. The predicted molar refractivity (Wildman–Crippen MR) is 79.4 cm³/mol. The first-order valence-electron chi connectivity index (χ1n) is 6.98. The van der Waals surface area contributed by atoms with Crippen LogP contribution >= 0.6 is 0 Å². The second-order valence-electron chi connectivity index (χ2n) is 4.95. The summed E-state index contributed by atoms with van der Waals surface area (Å²) in [5, 5.41) is 0. The van der Waals surface area contributed by atoms with Gasteiger partial charge in [0.2, 0.25) is 5.91 Å². The molecule has 106 valence electrons. The maximum absolute atomic E-state index is 12.1. The molecular weight excluding hydrogens is 250 g/mol. The summed E-state index contributed by atoms with van der Waals surface area (Å²) in [6, 6.07) is 10.2. The molecule has 0 saturated carbocycles. The van der Waals surface area contributed by atoms with Crippen molar-refractivity contribution in [2.75, 3.05) is 13.6 Å². The lowest BCUT2D eigenvalue weighted by molar-refractivity contribution is -0.129. The van der Waals surface area contributed by atoms with E-state index in [9.17, 15) is 4.79 Å². The first kappa shape index (κ1) is 14.3. The Morgan fingerprint density at radius 1 is 1.30 bits per heavy atom. The van der Waals surface area contributed by atoms with Gasteiger partial charge in [0, 0.05) is 32.5 Å². The van der Waals surface area contributed by atoms with Gasteiger partial charge in [0.1, 0.15) is 5.82 Å². The van der Waals surface area contributed by atoms with Gasteiger partial charge in [-0.15, -0.1) is 0 Å². The maximum Gasteiger partial charge on any atom is 0.229 e. The number of aromatic nitrogens is 2. The number of nitrogens with zero attached hydrogens (tertiary/aromatic N) is 3. The number of carbonyl (C=O) groups excluding carboxylic acids is 1. The molecule has 2 aromatic rings. The van der Waals surface area contributed by atoms with Crippen molar-refractivity contribution in [3.05, 3.63) is 54.1 Å².